The Morgan fingerprint density at radius 1 is 1.55 bits per heavy atom. The van der Waals surface area contributed by atoms with Crippen molar-refractivity contribution in [1.29, 1.82) is 0 Å². The van der Waals surface area contributed by atoms with Gasteiger partial charge in [-0.05, 0) is 0 Å². The highest BCUT2D eigenvalue weighted by Crippen LogP contribution is 2.26. The number of hydrogen-bond acceptors (Lipinski definition) is 3. The van der Waals surface area contributed by atoms with Crippen LogP contribution < -0.4 is 4.72 Å². The Bertz CT molecular complexity index is 138. The molecule has 66 valence electrons. The fraction of sp³-hybridized carbons (Fsp3) is 0.750. The zero-order chi connectivity index (χ0) is 8.91. The van der Waals surface area contributed by atoms with Crippen LogP contribution in [0.15, 0.2) is 0 Å². The van der Waals surface area contributed by atoms with Crippen LogP contribution in [0, 0.1) is 0 Å². The van der Waals surface area contributed by atoms with Gasteiger partial charge in [0.15, 0.2) is 0 Å². The maximum absolute atomic E-state index is 11.3. The average Bonchev–Trinajstić information content (AvgIpc) is 1.78. The van der Waals surface area contributed by atoms with Crippen molar-refractivity contribution in [3.8, 4) is 0 Å². The second-order valence-electron chi connectivity index (χ2n) is 1.59. The second kappa shape index (κ2) is 4.45. The molecule has 11 heavy (non-hydrogen) atoms. The van der Waals surface area contributed by atoms with Gasteiger partial charge in [0.2, 0.25) is 0 Å². The smallest absolute Gasteiger partial charge is 0.456 e. The molecule has 0 aromatic rings. The first-order valence-electron chi connectivity index (χ1n) is 2.61. The van der Waals surface area contributed by atoms with E-state index in [4.69, 9.17) is 5.11 Å². The van der Waals surface area contributed by atoms with E-state index in [1.807, 2.05) is 4.72 Å². The van der Waals surface area contributed by atoms with Gasteiger partial charge in [-0.15, -0.1) is 0 Å². The molecule has 0 aliphatic carbocycles. The van der Waals surface area contributed by atoms with Crippen molar-refractivity contribution in [3.05, 3.63) is 0 Å². The lowest BCUT2D eigenvalue weighted by molar-refractivity contribution is -0.136. The van der Waals surface area contributed by atoms with Gasteiger partial charge >= 0.3 is 11.5 Å². The highest BCUT2D eigenvalue weighted by molar-refractivity contribution is 7.98. The first kappa shape index (κ1) is 10.6. The van der Waals surface area contributed by atoms with Gasteiger partial charge in [0.05, 0.1) is 6.42 Å². The first-order chi connectivity index (χ1) is 4.92. The average molecular weight is 189 g/mol. The summed E-state index contributed by atoms with van der Waals surface area (Å²) in [6.07, 6.45) is -0.316. The molecule has 0 aliphatic rings. The van der Waals surface area contributed by atoms with Crippen molar-refractivity contribution in [3.63, 3.8) is 0 Å². The van der Waals surface area contributed by atoms with Crippen LogP contribution >= 0.6 is 11.9 Å². The molecule has 0 saturated carbocycles. The third-order valence-electron chi connectivity index (χ3n) is 0.629. The third-order valence-corrected chi connectivity index (χ3v) is 1.21. The molecule has 2 N–H and O–H groups in total. The van der Waals surface area contributed by atoms with Crippen molar-refractivity contribution in [2.24, 2.45) is 0 Å². The number of carbonyl (C=O) groups is 1. The van der Waals surface area contributed by atoms with E-state index in [-0.39, 0.29) is 13.0 Å². The van der Waals surface area contributed by atoms with Crippen molar-refractivity contribution < 1.29 is 23.1 Å². The topological polar surface area (TPSA) is 49.3 Å². The van der Waals surface area contributed by atoms with Crippen molar-refractivity contribution in [2.75, 3.05) is 6.54 Å². The van der Waals surface area contributed by atoms with Gasteiger partial charge in [-0.25, -0.2) is 0 Å². The lowest BCUT2D eigenvalue weighted by Crippen LogP contribution is -2.16. The van der Waals surface area contributed by atoms with Gasteiger partial charge in [-0.3, -0.25) is 9.52 Å². The summed E-state index contributed by atoms with van der Waals surface area (Å²) in [4.78, 5) is 9.79. The molecule has 0 bridgehead atoms. The van der Waals surface area contributed by atoms with E-state index in [1.165, 1.54) is 0 Å². The molecule has 0 heterocycles. The number of rotatable bonds is 4. The van der Waals surface area contributed by atoms with Crippen molar-refractivity contribution in [1.82, 2.24) is 4.72 Å². The Morgan fingerprint density at radius 3 is 2.45 bits per heavy atom. The van der Waals surface area contributed by atoms with Gasteiger partial charge in [0.1, 0.15) is 0 Å². The van der Waals surface area contributed by atoms with Crippen LogP contribution in [0.5, 0.6) is 0 Å². The maximum atomic E-state index is 11.3. The molecule has 3 nitrogen and oxygen atoms in total. The van der Waals surface area contributed by atoms with Crippen LogP contribution in [0.3, 0.4) is 0 Å². The Hall–Kier alpha value is -0.430. The normalized spacial score (nSPS) is 11.5. The largest absolute Gasteiger partial charge is 0.481 e. The molecule has 0 atom stereocenters. The summed E-state index contributed by atoms with van der Waals surface area (Å²) < 4.78 is 35.9. The number of nitrogens with one attached hydrogen (secondary N) is 1. The Labute approximate surface area is 65.1 Å². The van der Waals surface area contributed by atoms with E-state index in [0.29, 0.717) is 0 Å². The predicted octanol–water partition coefficient (Wildman–Crippen LogP) is 1.22. The monoisotopic (exact) mass is 189 g/mol. The van der Waals surface area contributed by atoms with E-state index in [9.17, 15) is 18.0 Å². The number of aliphatic carboxylic acids is 1. The molecule has 0 aromatic carbocycles. The Kier molecular flexibility index (Phi) is 4.27. The van der Waals surface area contributed by atoms with Crippen LogP contribution in [-0.4, -0.2) is 23.1 Å². The molecular weight excluding hydrogens is 183 g/mol. The molecule has 0 aliphatic heterocycles. The minimum atomic E-state index is -4.35. The molecular formula is C4H6F3NO2S. The summed E-state index contributed by atoms with van der Waals surface area (Å²) in [5, 5.41) is 8.01. The molecule has 0 saturated heterocycles. The standard InChI is InChI=1S/C4H6F3NO2S/c5-4(6,7)11-8-2-1-3(9)10/h8H,1-2H2,(H,9,10). The summed E-state index contributed by atoms with van der Waals surface area (Å²) in [6, 6.07) is 0. The number of carboxylic acid groups (broad SMARTS) is 1. The summed E-state index contributed by atoms with van der Waals surface area (Å²) in [6.45, 7) is -0.195. The van der Waals surface area contributed by atoms with Gasteiger partial charge in [-0.1, -0.05) is 0 Å². The molecule has 0 unspecified atom stereocenters. The highest BCUT2D eigenvalue weighted by atomic mass is 32.2. The highest BCUT2D eigenvalue weighted by Gasteiger charge is 2.28. The quantitative estimate of drug-likeness (QED) is 0.515. The number of alkyl halides is 3. The fourth-order valence-electron chi connectivity index (χ4n) is 0.291. The van der Waals surface area contributed by atoms with Crippen molar-refractivity contribution >= 4 is 17.9 Å². The predicted molar refractivity (Wildman–Crippen MR) is 33.9 cm³/mol. The number of halogens is 3. The summed E-state index contributed by atoms with van der Waals surface area (Å²) in [5.41, 5.74) is -4.35. The Morgan fingerprint density at radius 2 is 2.09 bits per heavy atom. The molecule has 0 spiro atoms. The number of carboxylic acids is 1. The SMILES string of the molecule is O=C(O)CCNSC(F)(F)F. The molecule has 0 radical (unpaired) electrons. The zero-order valence-corrected chi connectivity index (χ0v) is 6.13. The van der Waals surface area contributed by atoms with Gasteiger partial charge in [0.25, 0.3) is 0 Å². The van der Waals surface area contributed by atoms with E-state index in [0.717, 1.165) is 0 Å². The van der Waals surface area contributed by atoms with Gasteiger partial charge < -0.3 is 5.11 Å². The van der Waals surface area contributed by atoms with Gasteiger partial charge in [-0.2, -0.15) is 13.2 Å². The van der Waals surface area contributed by atoms with Crippen LogP contribution in [0.2, 0.25) is 0 Å². The van der Waals surface area contributed by atoms with Crippen LogP contribution in [0.4, 0.5) is 13.2 Å². The number of hydrogen-bond donors (Lipinski definition) is 2. The molecule has 0 fully saturated rings. The maximum Gasteiger partial charge on any atom is 0.456 e. The lowest BCUT2D eigenvalue weighted by Gasteiger charge is -2.04. The van der Waals surface area contributed by atoms with Gasteiger partial charge in [0, 0.05) is 18.5 Å². The Balaban J connectivity index is 3.22. The zero-order valence-electron chi connectivity index (χ0n) is 5.31. The van der Waals surface area contributed by atoms with Crippen molar-refractivity contribution in [2.45, 2.75) is 11.9 Å². The summed E-state index contributed by atoms with van der Waals surface area (Å²) >= 11 is -0.438. The third kappa shape index (κ3) is 9.57. The second-order valence-corrected chi connectivity index (χ2v) is 2.54. The van der Waals surface area contributed by atoms with E-state index < -0.39 is 23.4 Å². The minimum absolute atomic E-state index is 0.195. The summed E-state index contributed by atoms with van der Waals surface area (Å²) in [7, 11) is 0. The van der Waals surface area contributed by atoms with Crippen LogP contribution in [-0.2, 0) is 4.79 Å². The van der Waals surface area contributed by atoms with Crippen LogP contribution in [0.1, 0.15) is 6.42 Å². The molecule has 0 rings (SSSR count). The molecule has 0 aromatic heterocycles. The first-order valence-corrected chi connectivity index (χ1v) is 3.43. The van der Waals surface area contributed by atoms with E-state index >= 15 is 0 Å². The lowest BCUT2D eigenvalue weighted by atomic mass is 10.5. The minimum Gasteiger partial charge on any atom is -0.481 e. The van der Waals surface area contributed by atoms with E-state index in [1.54, 1.807) is 0 Å². The molecule has 0 amide bonds. The molecule has 7 heteroatoms. The van der Waals surface area contributed by atoms with E-state index in [2.05, 4.69) is 0 Å². The van der Waals surface area contributed by atoms with Crippen LogP contribution in [0.25, 0.3) is 0 Å². The fourth-order valence-corrected chi connectivity index (χ4v) is 0.659. The summed E-state index contributed by atoms with van der Waals surface area (Å²) in [5.74, 6) is -1.12.